The first-order valence-electron chi connectivity index (χ1n) is 12.0. The Morgan fingerprint density at radius 1 is 0.947 bits per heavy atom. The summed E-state index contributed by atoms with van der Waals surface area (Å²) in [6.45, 7) is 3.81. The number of para-hydroxylation sites is 2. The number of methoxy groups -OCH3 is 1. The molecule has 198 valence electrons. The number of nitrogens with zero attached hydrogens (tertiary/aromatic N) is 3. The molecule has 9 heteroatoms. The van der Waals surface area contributed by atoms with Gasteiger partial charge in [0.25, 0.3) is 5.91 Å². The molecule has 0 unspecified atom stereocenters. The molecule has 1 amide bonds. The highest BCUT2D eigenvalue weighted by atomic mass is 19.4. The van der Waals surface area contributed by atoms with Crippen molar-refractivity contribution < 1.29 is 27.4 Å². The zero-order chi connectivity index (χ0) is 27.4. The number of rotatable bonds is 8. The van der Waals surface area contributed by atoms with Gasteiger partial charge in [-0.05, 0) is 50.2 Å². The third-order valence-corrected chi connectivity index (χ3v) is 6.08. The van der Waals surface area contributed by atoms with Gasteiger partial charge in [-0.15, -0.1) is 0 Å². The third kappa shape index (κ3) is 5.66. The molecule has 1 heterocycles. The quantitative estimate of drug-likeness (QED) is 0.251. The van der Waals surface area contributed by atoms with E-state index in [9.17, 15) is 18.0 Å². The summed E-state index contributed by atoms with van der Waals surface area (Å²) >= 11 is 0. The third-order valence-electron chi connectivity index (χ3n) is 6.08. The molecule has 0 aliphatic heterocycles. The average molecular weight is 524 g/mol. The molecule has 0 spiro atoms. The van der Waals surface area contributed by atoms with E-state index in [0.717, 1.165) is 17.7 Å². The van der Waals surface area contributed by atoms with Gasteiger partial charge in [0.1, 0.15) is 5.69 Å². The highest BCUT2D eigenvalue weighted by Crippen LogP contribution is 2.38. The summed E-state index contributed by atoms with van der Waals surface area (Å²) in [5, 5.41) is 4.70. The van der Waals surface area contributed by atoms with Crippen LogP contribution in [-0.4, -0.2) is 33.7 Å². The van der Waals surface area contributed by atoms with Crippen LogP contribution in [0.15, 0.2) is 78.9 Å². The molecule has 38 heavy (non-hydrogen) atoms. The molecule has 0 aliphatic carbocycles. The second kappa shape index (κ2) is 11.0. The number of amides is 1. The average Bonchev–Trinajstić information content (AvgIpc) is 3.21. The van der Waals surface area contributed by atoms with Crippen molar-refractivity contribution in [2.24, 2.45) is 7.05 Å². The minimum absolute atomic E-state index is 0.111. The number of ether oxygens (including phenoxy) is 2. The summed E-state index contributed by atoms with van der Waals surface area (Å²) in [5.74, 6) is 1.02. The van der Waals surface area contributed by atoms with Crippen LogP contribution in [0, 0.1) is 0 Å². The molecule has 0 aliphatic rings. The number of hydrogen-bond acceptors (Lipinski definition) is 4. The molecule has 0 radical (unpaired) electrons. The van der Waals surface area contributed by atoms with Crippen molar-refractivity contribution in [1.82, 2.24) is 14.7 Å². The first-order valence-corrected chi connectivity index (χ1v) is 12.0. The molecular formula is C29H28F3N3O3. The fourth-order valence-electron chi connectivity index (χ4n) is 4.08. The number of aryl methyl sites for hydroxylation is 1. The summed E-state index contributed by atoms with van der Waals surface area (Å²) in [6, 6.07) is 20.7. The van der Waals surface area contributed by atoms with Crippen molar-refractivity contribution in [3.63, 3.8) is 0 Å². The molecule has 1 aromatic heterocycles. The number of aromatic nitrogens is 2. The number of hydrogen-bond donors (Lipinski definition) is 0. The molecule has 4 aromatic rings. The van der Waals surface area contributed by atoms with Gasteiger partial charge < -0.3 is 14.4 Å². The van der Waals surface area contributed by atoms with E-state index in [-0.39, 0.29) is 18.2 Å². The Morgan fingerprint density at radius 3 is 2.13 bits per heavy atom. The van der Waals surface area contributed by atoms with Crippen molar-refractivity contribution >= 4 is 5.91 Å². The molecule has 0 N–H and O–H groups in total. The van der Waals surface area contributed by atoms with Crippen LogP contribution < -0.4 is 9.47 Å². The van der Waals surface area contributed by atoms with Gasteiger partial charge >= 0.3 is 6.18 Å². The summed E-state index contributed by atoms with van der Waals surface area (Å²) in [4.78, 5) is 15.1. The lowest BCUT2D eigenvalue weighted by Crippen LogP contribution is -2.36. The zero-order valence-corrected chi connectivity index (χ0v) is 21.5. The van der Waals surface area contributed by atoms with Gasteiger partial charge in [0, 0.05) is 24.2 Å². The van der Waals surface area contributed by atoms with Crippen LogP contribution in [0.2, 0.25) is 0 Å². The van der Waals surface area contributed by atoms with Gasteiger partial charge in [0.2, 0.25) is 5.88 Å². The number of halogens is 3. The first-order chi connectivity index (χ1) is 18.1. The van der Waals surface area contributed by atoms with Gasteiger partial charge in [0.15, 0.2) is 11.5 Å². The minimum atomic E-state index is -4.48. The molecule has 0 saturated carbocycles. The van der Waals surface area contributed by atoms with Crippen LogP contribution in [0.4, 0.5) is 13.2 Å². The Bertz CT molecular complexity index is 1400. The molecule has 0 bridgehead atoms. The highest BCUT2D eigenvalue weighted by molar-refractivity contribution is 5.94. The Labute approximate surface area is 219 Å². The van der Waals surface area contributed by atoms with Gasteiger partial charge in [-0.3, -0.25) is 4.79 Å². The lowest BCUT2D eigenvalue weighted by molar-refractivity contribution is -0.137. The zero-order valence-electron chi connectivity index (χ0n) is 21.5. The Kier molecular flexibility index (Phi) is 7.75. The van der Waals surface area contributed by atoms with E-state index < -0.39 is 17.6 Å². The maximum Gasteiger partial charge on any atom is 0.416 e. The number of carbonyl (C=O) groups is 1. The van der Waals surface area contributed by atoms with E-state index in [1.54, 1.807) is 35.9 Å². The van der Waals surface area contributed by atoms with E-state index in [2.05, 4.69) is 0 Å². The summed E-state index contributed by atoms with van der Waals surface area (Å²) in [5.41, 5.74) is 1.46. The topological polar surface area (TPSA) is 56.6 Å². The Balaban J connectivity index is 1.77. The summed E-state index contributed by atoms with van der Waals surface area (Å²) in [7, 11) is 3.29. The maximum absolute atomic E-state index is 13.5. The molecule has 6 nitrogen and oxygen atoms in total. The molecular weight excluding hydrogens is 495 g/mol. The fourth-order valence-corrected chi connectivity index (χ4v) is 4.08. The first kappa shape index (κ1) is 26.8. The van der Waals surface area contributed by atoms with Crippen molar-refractivity contribution in [3.8, 4) is 28.6 Å². The van der Waals surface area contributed by atoms with Crippen LogP contribution in [0.1, 0.15) is 35.3 Å². The second-order valence-corrected chi connectivity index (χ2v) is 8.98. The van der Waals surface area contributed by atoms with E-state index in [4.69, 9.17) is 14.6 Å². The molecule has 3 aromatic carbocycles. The Morgan fingerprint density at radius 2 is 1.55 bits per heavy atom. The molecule has 0 saturated heterocycles. The molecule has 4 rings (SSSR count). The fraction of sp³-hybridized carbons (Fsp3) is 0.241. The van der Waals surface area contributed by atoms with Crippen LogP contribution in [-0.2, 0) is 19.8 Å². The largest absolute Gasteiger partial charge is 0.493 e. The SMILES string of the molecule is COc1ccccc1Oc1c(CN(C(=O)c2ccc(C(F)(F)F)cc2)C(C)C)c(-c2ccccc2)nn1C. The van der Waals surface area contributed by atoms with Crippen LogP contribution in [0.25, 0.3) is 11.3 Å². The smallest absolute Gasteiger partial charge is 0.416 e. The lowest BCUT2D eigenvalue weighted by Gasteiger charge is -2.27. The predicted molar refractivity (Wildman–Crippen MR) is 138 cm³/mol. The van der Waals surface area contributed by atoms with Crippen molar-refractivity contribution in [2.75, 3.05) is 7.11 Å². The lowest BCUT2D eigenvalue weighted by atomic mass is 10.1. The van der Waals surface area contributed by atoms with Crippen LogP contribution >= 0.6 is 0 Å². The molecule has 0 fully saturated rings. The van der Waals surface area contributed by atoms with Crippen LogP contribution in [0.3, 0.4) is 0 Å². The summed E-state index contributed by atoms with van der Waals surface area (Å²) < 4.78 is 52.5. The Hall–Kier alpha value is -4.27. The van der Waals surface area contributed by atoms with E-state index >= 15 is 0 Å². The van der Waals surface area contributed by atoms with E-state index in [1.165, 1.54) is 12.1 Å². The second-order valence-electron chi connectivity index (χ2n) is 8.98. The maximum atomic E-state index is 13.5. The predicted octanol–water partition coefficient (Wildman–Crippen LogP) is 6.96. The summed E-state index contributed by atoms with van der Waals surface area (Å²) in [6.07, 6.45) is -4.48. The normalized spacial score (nSPS) is 11.5. The number of carbonyl (C=O) groups excluding carboxylic acids is 1. The highest BCUT2D eigenvalue weighted by Gasteiger charge is 2.31. The number of benzene rings is 3. The van der Waals surface area contributed by atoms with Crippen molar-refractivity contribution in [1.29, 1.82) is 0 Å². The number of alkyl halides is 3. The standard InChI is InChI=1S/C29H28F3N3O3/c1-19(2)35(27(36)21-14-16-22(17-15-21)29(30,31)32)18-23-26(20-10-6-5-7-11-20)33-34(3)28(23)38-25-13-9-8-12-24(25)37-4/h5-17,19H,18H2,1-4H3. The molecule has 0 atom stereocenters. The van der Waals surface area contributed by atoms with Gasteiger partial charge in [-0.1, -0.05) is 42.5 Å². The van der Waals surface area contributed by atoms with Crippen molar-refractivity contribution in [3.05, 3.63) is 95.6 Å². The van der Waals surface area contributed by atoms with Gasteiger partial charge in [-0.25, -0.2) is 4.68 Å². The monoisotopic (exact) mass is 523 g/mol. The van der Waals surface area contributed by atoms with Crippen LogP contribution in [0.5, 0.6) is 17.4 Å². The van der Waals surface area contributed by atoms with E-state index in [0.29, 0.717) is 28.6 Å². The van der Waals surface area contributed by atoms with E-state index in [1.807, 2.05) is 56.3 Å². The van der Waals surface area contributed by atoms with Gasteiger partial charge in [-0.2, -0.15) is 18.3 Å². The van der Waals surface area contributed by atoms with Crippen molar-refractivity contribution in [2.45, 2.75) is 32.6 Å². The minimum Gasteiger partial charge on any atom is -0.493 e. The van der Waals surface area contributed by atoms with Gasteiger partial charge in [0.05, 0.1) is 24.8 Å².